The number of hydroxylamine groups is 2. The number of halogens is 2. The van der Waals surface area contributed by atoms with Crippen molar-refractivity contribution in [1.29, 1.82) is 0 Å². The predicted molar refractivity (Wildman–Crippen MR) is 388 cm³/mol. The van der Waals surface area contributed by atoms with Crippen molar-refractivity contribution in [2.24, 2.45) is 68.2 Å². The first-order chi connectivity index (χ1) is 46.5. The number of carbonyl (C=O) groups is 10. The van der Waals surface area contributed by atoms with E-state index in [0.717, 1.165) is 83.3 Å². The number of Topliss-reactive ketones (excluding diaryl/α,β-unsaturated/α-hetero) is 4. The Morgan fingerprint density at radius 1 is 0.743 bits per heavy atom. The topological polar surface area (TPSA) is 353 Å². The molecule has 9 rings (SSSR count). The summed E-state index contributed by atoms with van der Waals surface area (Å²) in [7, 11) is -3.37. The molecule has 6 heterocycles. The van der Waals surface area contributed by atoms with Crippen LogP contribution in [0, 0.1) is 71.5 Å². The Morgan fingerprint density at radius 2 is 1.32 bits per heavy atom. The van der Waals surface area contributed by atoms with Crippen molar-refractivity contribution in [3.63, 3.8) is 0 Å². The maximum Gasteiger partial charge on any atom is 0.342 e. The molecule has 5 N–H and O–H groups in total. The molecule has 0 bridgehead atoms. The Kier molecular flexibility index (Phi) is 40.8. The summed E-state index contributed by atoms with van der Waals surface area (Å²) in [6.07, 6.45) is 7.05. The summed E-state index contributed by atoms with van der Waals surface area (Å²) in [6, 6.07) is 2.00. The number of nitrogens with one attached hydrogen (secondary N) is 2. The molecule has 0 aromatic heterocycles. The maximum absolute atomic E-state index is 12.7. The quantitative estimate of drug-likeness (QED) is 0.0780. The number of aliphatic hydroxyl groups is 2. The van der Waals surface area contributed by atoms with Gasteiger partial charge in [0.15, 0.2) is 63.2 Å². The van der Waals surface area contributed by atoms with E-state index >= 15 is 0 Å². The van der Waals surface area contributed by atoms with E-state index in [1.807, 2.05) is 87.1 Å². The van der Waals surface area contributed by atoms with Crippen molar-refractivity contribution < 1.29 is 90.0 Å². The van der Waals surface area contributed by atoms with Gasteiger partial charge >= 0.3 is 11.9 Å². The number of benzene rings is 1. The molecule has 6 aliphatic heterocycles. The second kappa shape index (κ2) is 44.3. The average Bonchev–Trinajstić information content (AvgIpc) is 1.84. The number of ether oxygens (including phenoxy) is 1. The SMILES string of the molecule is C=C1C=C(O)C(C(C)C)C1.CC(C)C(=O)NS(C)(=O)=O.CC(C)C1=C(O)C(=O)CC1.CC(C)C1NC(=O)CC1=O.CC(C)C1OC(=O)CC1=O.CC(C)C1SC(=O)CC1=O.CC(C)N1OC(=O)CC1=O.CC(C)c1cc(F)c(O)c(F)c1.CC1=NC(C(C)C)=NC1.[C-]#[N+]C1=C(C(C)C)N=CC1. The second-order valence-corrected chi connectivity index (χ2v) is 30.8. The van der Waals surface area contributed by atoms with Gasteiger partial charge in [0.05, 0.1) is 55.3 Å². The van der Waals surface area contributed by atoms with E-state index in [9.17, 15) is 70.3 Å². The summed E-state index contributed by atoms with van der Waals surface area (Å²) in [5.74, 6) is -0.493. The molecule has 1 aromatic carbocycles. The fourth-order valence-corrected chi connectivity index (χ4v) is 11.0. The van der Waals surface area contributed by atoms with E-state index in [0.29, 0.717) is 53.3 Å². The Bertz CT molecular complexity index is 3290. The van der Waals surface area contributed by atoms with Gasteiger partial charge in [0.2, 0.25) is 21.8 Å². The second-order valence-electron chi connectivity index (χ2n) is 27.9. The number of cyclic esters (lactones) is 1. The molecule has 1 aromatic rings. The van der Waals surface area contributed by atoms with Crippen molar-refractivity contribution in [1.82, 2.24) is 15.1 Å². The minimum atomic E-state index is -3.37. The number of carbonyl (C=O) groups excluding carboxylic acids is 10. The van der Waals surface area contributed by atoms with Crippen LogP contribution in [0.5, 0.6) is 5.75 Å². The number of aromatic hydroxyl groups is 1. The Hall–Kier alpha value is -8.06. The summed E-state index contributed by atoms with van der Waals surface area (Å²) < 4.78 is 52.8. The van der Waals surface area contributed by atoms with Gasteiger partial charge in [0.1, 0.15) is 18.7 Å². The van der Waals surface area contributed by atoms with Gasteiger partial charge in [-0.05, 0) is 111 Å². The summed E-state index contributed by atoms with van der Waals surface area (Å²) in [6.45, 7) is 52.0. The highest BCUT2D eigenvalue weighted by atomic mass is 32.2. The van der Waals surface area contributed by atoms with Crippen LogP contribution in [-0.2, 0) is 67.5 Å². The van der Waals surface area contributed by atoms with Crippen LogP contribution >= 0.6 is 11.8 Å². The van der Waals surface area contributed by atoms with Gasteiger partial charge in [0, 0.05) is 42.0 Å². The highest BCUT2D eigenvalue weighted by Gasteiger charge is 2.36. The van der Waals surface area contributed by atoms with Gasteiger partial charge in [-0.15, -0.1) is 0 Å². The lowest BCUT2D eigenvalue weighted by molar-refractivity contribution is -0.184. The molecule has 4 fully saturated rings. The lowest BCUT2D eigenvalue weighted by Gasteiger charge is -2.16. The number of esters is 1. The lowest BCUT2D eigenvalue weighted by Crippen LogP contribution is -2.33. The van der Waals surface area contributed by atoms with Crippen LogP contribution in [0.15, 0.2) is 73.8 Å². The third kappa shape index (κ3) is 34.4. The number of amides is 3. The fraction of sp³-hybridized carbons (Fsp3) is 0.616. The van der Waals surface area contributed by atoms with Gasteiger partial charge in [-0.1, -0.05) is 149 Å². The number of aliphatic imine (C=N–C) groups is 3. The zero-order chi connectivity index (χ0) is 78.4. The number of rotatable bonds is 11. The van der Waals surface area contributed by atoms with E-state index in [4.69, 9.17) is 21.5 Å². The molecular formula is C73H109F2N7O17S2. The number of nitrogens with zero attached hydrogens (tertiary/aromatic N) is 5. The molecule has 4 atom stereocenters. The monoisotopic (exact) mass is 1460 g/mol. The molecule has 24 nitrogen and oxygen atoms in total. The van der Waals surface area contributed by atoms with Crippen LogP contribution < -0.4 is 10.0 Å². The number of thioether (sulfide) groups is 1. The van der Waals surface area contributed by atoms with Crippen LogP contribution in [0.25, 0.3) is 4.85 Å². The minimum Gasteiger partial charge on any atom is -0.512 e. The van der Waals surface area contributed by atoms with E-state index in [1.165, 1.54) is 11.8 Å². The smallest absolute Gasteiger partial charge is 0.342 e. The molecule has 564 valence electrons. The summed E-state index contributed by atoms with van der Waals surface area (Å²) in [5.41, 5.74) is 5.44. The predicted octanol–water partition coefficient (Wildman–Crippen LogP) is 12.7. The fourth-order valence-electron chi connectivity index (χ4n) is 9.45. The molecule has 0 radical (unpaired) electrons. The summed E-state index contributed by atoms with van der Waals surface area (Å²) >= 11 is 1.19. The first-order valence-corrected chi connectivity index (χ1v) is 36.5. The number of amidine groups is 1. The number of aliphatic hydroxyl groups excluding tert-OH is 2. The van der Waals surface area contributed by atoms with E-state index in [-0.39, 0.29) is 118 Å². The highest BCUT2D eigenvalue weighted by molar-refractivity contribution is 8.15. The van der Waals surface area contributed by atoms with Crippen molar-refractivity contribution in [2.75, 3.05) is 12.8 Å². The van der Waals surface area contributed by atoms with Gasteiger partial charge in [-0.3, -0.25) is 57.9 Å². The zero-order valence-electron chi connectivity index (χ0n) is 62.8. The van der Waals surface area contributed by atoms with Gasteiger partial charge in [0.25, 0.3) is 5.91 Å². The largest absolute Gasteiger partial charge is 0.512 e. The first-order valence-electron chi connectivity index (χ1n) is 33.7. The van der Waals surface area contributed by atoms with Gasteiger partial charge in [-0.2, -0.15) is 5.06 Å². The molecule has 28 heteroatoms. The third-order valence-corrected chi connectivity index (χ3v) is 17.1. The molecule has 8 aliphatic rings. The number of hydrogen-bond acceptors (Lipinski definition) is 21. The number of sulfonamides is 1. The number of hydrogen-bond donors (Lipinski definition) is 5. The van der Waals surface area contributed by atoms with Crippen molar-refractivity contribution in [3.05, 3.63) is 87.5 Å². The molecule has 0 spiro atoms. The minimum absolute atomic E-state index is 0.0231. The van der Waals surface area contributed by atoms with Crippen LogP contribution in [-0.4, -0.2) is 141 Å². The number of phenolic OH excluding ortho intramolecular Hbond substituents is 1. The lowest BCUT2D eigenvalue weighted by atomic mass is 9.94. The van der Waals surface area contributed by atoms with Gasteiger partial charge < -0.3 is 30.2 Å². The molecule has 0 saturated carbocycles. The van der Waals surface area contributed by atoms with Crippen molar-refractivity contribution >= 4 is 97.5 Å². The van der Waals surface area contributed by atoms with Crippen molar-refractivity contribution in [3.8, 4) is 5.75 Å². The molecule has 4 unspecified atom stereocenters. The highest BCUT2D eigenvalue weighted by Crippen LogP contribution is 2.33. The average molecular weight is 1460 g/mol. The third-order valence-electron chi connectivity index (χ3n) is 15.1. The van der Waals surface area contributed by atoms with Crippen molar-refractivity contribution in [2.45, 2.75) is 226 Å². The zero-order valence-corrected chi connectivity index (χ0v) is 64.5. The number of ketones is 4. The van der Waals surface area contributed by atoms with Gasteiger partial charge in [-0.25, -0.2) is 31.8 Å². The maximum atomic E-state index is 12.7. The number of phenols is 1. The summed E-state index contributed by atoms with van der Waals surface area (Å²) in [5, 5.41) is 30.9. The van der Waals surface area contributed by atoms with Crippen LogP contribution in [0.2, 0.25) is 0 Å². The molecule has 2 aliphatic carbocycles. The van der Waals surface area contributed by atoms with E-state index in [1.54, 1.807) is 33.8 Å². The van der Waals surface area contributed by atoms with Crippen LogP contribution in [0.3, 0.4) is 0 Å². The van der Waals surface area contributed by atoms with Crippen LogP contribution in [0.1, 0.15) is 208 Å². The molecular weight excluding hydrogens is 1350 g/mol. The first kappa shape index (κ1) is 92.9. The number of allylic oxidation sites excluding steroid dienone is 7. The Morgan fingerprint density at radius 3 is 1.54 bits per heavy atom. The normalized spacial score (nSPS) is 19.7. The van der Waals surface area contributed by atoms with E-state index in [2.05, 4.69) is 78.1 Å². The standard InChI is InChI=1S/C9H10F2O.C9H14O.C8H10N2.C8H12O2.C7H12N2.C7H11NO2.C7H10O3.C7H10O2S.C6H9NO3.C5H11NO3S/c1-5(2)6-3-7(10)9(12)8(11)4-6;1-6(2)8-4-7(3)5-9(8)10;1-6(2)8-7(9-3)4-5-10-8;1-5(2)6-3-4-7(9)8(6)10;1-5(2)7-8-4-6(3)9-7;1-4(2)7-5(9)3-6(10)8-7;3*1-4(2)7-5(8)3-6(9)10-7;1-4(2)5(7)6-10(3,8)9/h3-5,12H,1-2H3;5-6,8,10H,3-4H2,1-2H3;5-6H,4H2,1-2H3;5,10H,3-4H2,1-2H3;5H,4H2,1-3H3;4,7H,3H2,1-2H3,(H,8,10);2*4,7H,3H2,1-2H3;4H,3H2,1-2H3;4H,1-3H3,(H,6,7). The Labute approximate surface area is 600 Å². The molecule has 3 amide bonds. The summed E-state index contributed by atoms with van der Waals surface area (Å²) in [4.78, 5) is 128. The van der Waals surface area contributed by atoms with Crippen LogP contribution in [0.4, 0.5) is 8.78 Å². The Balaban J connectivity index is 0.00000110. The molecule has 4 saturated heterocycles. The van der Waals surface area contributed by atoms with E-state index < -0.39 is 45.4 Å². The molecule has 101 heavy (non-hydrogen) atoms.